The summed E-state index contributed by atoms with van der Waals surface area (Å²) in [5.41, 5.74) is 7.68. The maximum atomic E-state index is 11.9. The Morgan fingerprint density at radius 2 is 2.11 bits per heavy atom. The molecule has 0 heterocycles. The van der Waals surface area contributed by atoms with Gasteiger partial charge >= 0.3 is 0 Å². The lowest BCUT2D eigenvalue weighted by molar-refractivity contribution is -0.119. The predicted molar refractivity (Wildman–Crippen MR) is 73.7 cm³/mol. The molecule has 0 saturated carbocycles. The number of hydrogen-bond acceptors (Lipinski definition) is 3. The summed E-state index contributed by atoms with van der Waals surface area (Å²) in [6.45, 7) is 6.20. The predicted octanol–water partition coefficient (Wildman–Crippen LogP) is 2.32. The minimum atomic E-state index is -0.103. The molecule has 0 aromatic heterocycles. The van der Waals surface area contributed by atoms with Gasteiger partial charge in [0.2, 0.25) is 5.91 Å². The molecule has 0 aliphatic carbocycles. The number of nitrogens with two attached hydrogens (primary N) is 1. The molecule has 1 atom stereocenters. The number of hydrogen-bond donors (Lipinski definition) is 3. The zero-order chi connectivity index (χ0) is 13.7. The van der Waals surface area contributed by atoms with E-state index in [2.05, 4.69) is 5.32 Å². The number of carbonyl (C=O) groups is 1. The number of benzene rings is 1. The summed E-state index contributed by atoms with van der Waals surface area (Å²) in [7, 11) is 0. The minimum Gasteiger partial charge on any atom is -0.505 e. The van der Waals surface area contributed by atoms with Gasteiger partial charge in [-0.2, -0.15) is 0 Å². The molecule has 1 rings (SSSR count). The van der Waals surface area contributed by atoms with Crippen molar-refractivity contribution in [1.29, 1.82) is 0 Å². The van der Waals surface area contributed by atoms with Crippen molar-refractivity contribution in [2.75, 3.05) is 11.9 Å². The van der Waals surface area contributed by atoms with Gasteiger partial charge in [0.15, 0.2) is 0 Å². The average Bonchev–Trinajstić information content (AvgIpc) is 2.32. The van der Waals surface area contributed by atoms with Crippen molar-refractivity contribution in [3.8, 4) is 5.75 Å². The molecule has 4 N–H and O–H groups in total. The molecule has 0 bridgehead atoms. The summed E-state index contributed by atoms with van der Waals surface area (Å²) in [6.07, 6.45) is 1.58. The molecular weight excluding hydrogens is 228 g/mol. The summed E-state index contributed by atoms with van der Waals surface area (Å²) in [4.78, 5) is 11.9. The van der Waals surface area contributed by atoms with E-state index < -0.39 is 0 Å². The maximum Gasteiger partial charge on any atom is 0.227 e. The van der Waals surface area contributed by atoms with E-state index in [0.29, 0.717) is 12.2 Å². The number of carbonyl (C=O) groups excluding carboxylic acids is 1. The zero-order valence-corrected chi connectivity index (χ0v) is 11.3. The second-order valence-corrected chi connectivity index (χ2v) is 4.80. The molecule has 0 radical (unpaired) electrons. The maximum absolute atomic E-state index is 11.9. The van der Waals surface area contributed by atoms with Gasteiger partial charge in [0, 0.05) is 5.92 Å². The van der Waals surface area contributed by atoms with Crippen molar-refractivity contribution in [1.82, 2.24) is 0 Å². The molecule has 1 amide bonds. The van der Waals surface area contributed by atoms with Gasteiger partial charge in [0.25, 0.3) is 0 Å². The van der Waals surface area contributed by atoms with E-state index in [1.54, 1.807) is 6.07 Å². The van der Waals surface area contributed by atoms with Gasteiger partial charge in [-0.1, -0.05) is 13.0 Å². The highest BCUT2D eigenvalue weighted by molar-refractivity contribution is 5.94. The fraction of sp³-hybridized carbons (Fsp3) is 0.500. The normalized spacial score (nSPS) is 12.2. The first-order valence-electron chi connectivity index (χ1n) is 6.26. The van der Waals surface area contributed by atoms with Crippen molar-refractivity contribution in [3.63, 3.8) is 0 Å². The number of aromatic hydroxyl groups is 1. The number of nitrogens with one attached hydrogen (secondary N) is 1. The zero-order valence-electron chi connectivity index (χ0n) is 11.3. The summed E-state index contributed by atoms with van der Waals surface area (Å²) < 4.78 is 0. The molecule has 0 fully saturated rings. The van der Waals surface area contributed by atoms with E-state index in [0.717, 1.165) is 24.0 Å². The molecule has 100 valence electrons. The van der Waals surface area contributed by atoms with Gasteiger partial charge in [0.05, 0.1) is 5.69 Å². The first-order chi connectivity index (χ1) is 8.45. The standard InChI is InChI=1S/C14H22N2O2/c1-9-7-11(3)13(17)12(8-9)16-14(18)10(2)5-4-6-15/h7-8,10,17H,4-6,15H2,1-3H3,(H,16,18). The Kier molecular flexibility index (Phi) is 5.16. The summed E-state index contributed by atoms with van der Waals surface area (Å²) in [5, 5.41) is 12.7. The van der Waals surface area contributed by atoms with Crippen molar-refractivity contribution >= 4 is 11.6 Å². The molecular formula is C14H22N2O2. The van der Waals surface area contributed by atoms with Crippen LogP contribution in [-0.4, -0.2) is 17.6 Å². The molecule has 4 heteroatoms. The monoisotopic (exact) mass is 250 g/mol. The Morgan fingerprint density at radius 1 is 1.44 bits per heavy atom. The second-order valence-electron chi connectivity index (χ2n) is 4.80. The molecule has 1 unspecified atom stereocenters. The van der Waals surface area contributed by atoms with Crippen molar-refractivity contribution in [2.24, 2.45) is 11.7 Å². The first-order valence-corrected chi connectivity index (χ1v) is 6.26. The Bertz CT molecular complexity index is 430. The number of amides is 1. The highest BCUT2D eigenvalue weighted by Gasteiger charge is 2.15. The fourth-order valence-corrected chi connectivity index (χ4v) is 1.87. The molecule has 4 nitrogen and oxygen atoms in total. The van der Waals surface area contributed by atoms with Crippen LogP contribution in [0, 0.1) is 19.8 Å². The van der Waals surface area contributed by atoms with Crippen LogP contribution in [0.2, 0.25) is 0 Å². The van der Waals surface area contributed by atoms with Gasteiger partial charge in [0.1, 0.15) is 5.75 Å². The Labute approximate surface area is 108 Å². The summed E-state index contributed by atoms with van der Waals surface area (Å²) in [5.74, 6) is -0.0440. The number of aryl methyl sites for hydroxylation is 2. The van der Waals surface area contributed by atoms with E-state index in [9.17, 15) is 9.90 Å². The number of anilines is 1. The molecule has 0 saturated heterocycles. The molecule has 1 aromatic carbocycles. The Hall–Kier alpha value is -1.55. The smallest absolute Gasteiger partial charge is 0.227 e. The third-order valence-corrected chi connectivity index (χ3v) is 2.99. The van der Waals surface area contributed by atoms with Crippen LogP contribution in [-0.2, 0) is 4.79 Å². The Morgan fingerprint density at radius 3 is 2.72 bits per heavy atom. The van der Waals surface area contributed by atoms with Crippen LogP contribution in [0.1, 0.15) is 30.9 Å². The van der Waals surface area contributed by atoms with Gasteiger partial charge in [-0.3, -0.25) is 4.79 Å². The van der Waals surface area contributed by atoms with E-state index in [4.69, 9.17) is 5.73 Å². The quantitative estimate of drug-likeness (QED) is 0.702. The van der Waals surface area contributed by atoms with Crippen LogP contribution >= 0.6 is 0 Å². The van der Waals surface area contributed by atoms with Crippen LogP contribution in [0.3, 0.4) is 0 Å². The van der Waals surface area contributed by atoms with Gasteiger partial charge in [-0.15, -0.1) is 0 Å². The lowest BCUT2D eigenvalue weighted by Crippen LogP contribution is -2.21. The minimum absolute atomic E-state index is 0.0799. The van der Waals surface area contributed by atoms with E-state index in [1.807, 2.05) is 26.8 Å². The van der Waals surface area contributed by atoms with Crippen molar-refractivity contribution < 1.29 is 9.90 Å². The van der Waals surface area contributed by atoms with Crippen molar-refractivity contribution in [2.45, 2.75) is 33.6 Å². The molecule has 1 aromatic rings. The van der Waals surface area contributed by atoms with Crippen LogP contribution in [0.4, 0.5) is 5.69 Å². The Balaban J connectivity index is 2.75. The average molecular weight is 250 g/mol. The molecule has 0 aliphatic rings. The second kappa shape index (κ2) is 6.40. The summed E-state index contributed by atoms with van der Waals surface area (Å²) in [6, 6.07) is 3.65. The summed E-state index contributed by atoms with van der Waals surface area (Å²) >= 11 is 0. The lowest BCUT2D eigenvalue weighted by atomic mass is 10.0. The molecule has 0 aliphatic heterocycles. The van der Waals surface area contributed by atoms with Crippen LogP contribution in [0.25, 0.3) is 0 Å². The molecule has 0 spiro atoms. The highest BCUT2D eigenvalue weighted by Crippen LogP contribution is 2.29. The van der Waals surface area contributed by atoms with Crippen LogP contribution in [0.5, 0.6) is 5.75 Å². The van der Waals surface area contributed by atoms with E-state index in [1.165, 1.54) is 0 Å². The molecule has 18 heavy (non-hydrogen) atoms. The number of phenols is 1. The van der Waals surface area contributed by atoms with Crippen molar-refractivity contribution in [3.05, 3.63) is 23.3 Å². The number of rotatable bonds is 5. The SMILES string of the molecule is Cc1cc(C)c(O)c(NC(=O)C(C)CCCN)c1. The third-order valence-electron chi connectivity index (χ3n) is 2.99. The van der Waals surface area contributed by atoms with E-state index >= 15 is 0 Å². The highest BCUT2D eigenvalue weighted by atomic mass is 16.3. The van der Waals surface area contributed by atoms with Gasteiger partial charge in [-0.05, 0) is 50.4 Å². The van der Waals surface area contributed by atoms with E-state index in [-0.39, 0.29) is 17.6 Å². The first kappa shape index (κ1) is 14.5. The van der Waals surface area contributed by atoms with Gasteiger partial charge in [-0.25, -0.2) is 0 Å². The van der Waals surface area contributed by atoms with Crippen LogP contribution in [0.15, 0.2) is 12.1 Å². The van der Waals surface area contributed by atoms with Gasteiger partial charge < -0.3 is 16.2 Å². The lowest BCUT2D eigenvalue weighted by Gasteiger charge is -2.14. The topological polar surface area (TPSA) is 75.3 Å². The fourth-order valence-electron chi connectivity index (χ4n) is 1.87. The van der Waals surface area contributed by atoms with Crippen LogP contribution < -0.4 is 11.1 Å². The third kappa shape index (κ3) is 3.74. The largest absolute Gasteiger partial charge is 0.505 e. The number of phenolic OH excluding ortho intramolecular Hbond substituents is 1.